The first-order valence-corrected chi connectivity index (χ1v) is 8.74. The van der Waals surface area contributed by atoms with E-state index in [0.717, 1.165) is 15.3 Å². The van der Waals surface area contributed by atoms with Crippen LogP contribution in [0.25, 0.3) is 15.3 Å². The molecule has 25 heavy (non-hydrogen) atoms. The van der Waals surface area contributed by atoms with Crippen LogP contribution in [0.15, 0.2) is 42.7 Å². The smallest absolute Gasteiger partial charge is 0.328 e. The number of fused-ring (bicyclic) bond motifs is 1. The van der Waals surface area contributed by atoms with Gasteiger partial charge in [-0.3, -0.25) is 4.79 Å². The number of carbonyl (C=O) groups is 2. The van der Waals surface area contributed by atoms with E-state index in [4.69, 9.17) is 4.74 Å². The maximum absolute atomic E-state index is 12.5. The van der Waals surface area contributed by atoms with Crippen molar-refractivity contribution in [3.8, 4) is 5.13 Å². The Morgan fingerprint density at radius 2 is 1.96 bits per heavy atom. The predicted molar refractivity (Wildman–Crippen MR) is 97.1 cm³/mol. The summed E-state index contributed by atoms with van der Waals surface area (Å²) in [5, 5.41) is 3.59. The van der Waals surface area contributed by atoms with Crippen molar-refractivity contribution in [3.05, 3.63) is 48.3 Å². The Bertz CT molecular complexity index is 900. The zero-order chi connectivity index (χ0) is 18.0. The molecular formula is C18H19N3O3S. The fourth-order valence-electron chi connectivity index (χ4n) is 2.48. The summed E-state index contributed by atoms with van der Waals surface area (Å²) < 4.78 is 7.60. The van der Waals surface area contributed by atoms with Gasteiger partial charge in [0.2, 0.25) is 0 Å². The molecule has 0 saturated carbocycles. The summed E-state index contributed by atoms with van der Waals surface area (Å²) in [5.41, 5.74) is 1.32. The van der Waals surface area contributed by atoms with Gasteiger partial charge in [-0.05, 0) is 36.2 Å². The molecule has 0 aliphatic rings. The quantitative estimate of drug-likeness (QED) is 0.713. The summed E-state index contributed by atoms with van der Waals surface area (Å²) in [6.45, 7) is 3.72. The van der Waals surface area contributed by atoms with Crippen LogP contribution in [0.2, 0.25) is 0 Å². The second-order valence-corrected chi connectivity index (χ2v) is 7.00. The van der Waals surface area contributed by atoms with Gasteiger partial charge >= 0.3 is 5.97 Å². The fourth-order valence-corrected chi connectivity index (χ4v) is 3.45. The topological polar surface area (TPSA) is 73.2 Å². The molecule has 0 bridgehead atoms. The Morgan fingerprint density at radius 3 is 2.60 bits per heavy atom. The minimum atomic E-state index is -0.676. The second-order valence-electron chi connectivity index (χ2n) is 5.99. The van der Waals surface area contributed by atoms with Crippen molar-refractivity contribution in [1.82, 2.24) is 14.9 Å². The molecule has 0 fully saturated rings. The molecule has 1 atom stereocenters. The number of ether oxygens (including phenoxy) is 1. The van der Waals surface area contributed by atoms with Gasteiger partial charge in [0.05, 0.1) is 17.3 Å². The van der Waals surface area contributed by atoms with Crippen molar-refractivity contribution in [3.63, 3.8) is 0 Å². The zero-order valence-corrected chi connectivity index (χ0v) is 15.0. The highest BCUT2D eigenvalue weighted by Gasteiger charge is 2.25. The second kappa shape index (κ2) is 7.06. The van der Waals surface area contributed by atoms with Gasteiger partial charge in [0.1, 0.15) is 6.04 Å². The Balaban J connectivity index is 1.85. The van der Waals surface area contributed by atoms with Crippen LogP contribution in [0.3, 0.4) is 0 Å². The maximum atomic E-state index is 12.5. The Labute approximate surface area is 149 Å². The van der Waals surface area contributed by atoms with Gasteiger partial charge in [-0.2, -0.15) is 0 Å². The van der Waals surface area contributed by atoms with Gasteiger partial charge in [0.25, 0.3) is 5.91 Å². The van der Waals surface area contributed by atoms with Crippen molar-refractivity contribution in [2.75, 3.05) is 7.11 Å². The van der Waals surface area contributed by atoms with E-state index in [2.05, 4.69) is 10.3 Å². The molecule has 1 N–H and O–H groups in total. The molecular weight excluding hydrogens is 338 g/mol. The lowest BCUT2D eigenvalue weighted by molar-refractivity contribution is -0.144. The summed E-state index contributed by atoms with van der Waals surface area (Å²) >= 11 is 1.50. The Hall–Kier alpha value is -2.67. The van der Waals surface area contributed by atoms with Crippen LogP contribution in [0.1, 0.15) is 24.2 Å². The molecule has 130 valence electrons. The molecule has 0 aliphatic carbocycles. The highest BCUT2D eigenvalue weighted by atomic mass is 32.1. The molecule has 0 radical (unpaired) electrons. The highest BCUT2D eigenvalue weighted by molar-refractivity contribution is 7.20. The lowest BCUT2D eigenvalue weighted by Crippen LogP contribution is -2.45. The number of amides is 1. The van der Waals surface area contributed by atoms with Crippen molar-refractivity contribution >= 4 is 33.4 Å². The number of aromatic nitrogens is 2. The van der Waals surface area contributed by atoms with E-state index >= 15 is 0 Å². The number of methoxy groups -OCH3 is 1. The van der Waals surface area contributed by atoms with Crippen molar-refractivity contribution in [1.29, 1.82) is 0 Å². The van der Waals surface area contributed by atoms with Gasteiger partial charge in [-0.1, -0.05) is 25.2 Å². The Kier molecular flexibility index (Phi) is 4.85. The first-order chi connectivity index (χ1) is 12.0. The molecule has 3 aromatic rings. The lowest BCUT2D eigenvalue weighted by Gasteiger charge is -2.19. The molecule has 6 nitrogen and oxygen atoms in total. The van der Waals surface area contributed by atoms with Crippen molar-refractivity contribution < 1.29 is 14.3 Å². The average Bonchev–Trinajstić information content (AvgIpc) is 3.26. The summed E-state index contributed by atoms with van der Waals surface area (Å²) in [6.07, 6.45) is 3.85. The third-order valence-corrected chi connectivity index (χ3v) is 4.90. The summed E-state index contributed by atoms with van der Waals surface area (Å²) in [7, 11) is 1.32. The number of benzene rings is 1. The minimum Gasteiger partial charge on any atom is -0.467 e. The van der Waals surface area contributed by atoms with Gasteiger partial charge in [-0.15, -0.1) is 0 Å². The molecule has 0 saturated heterocycles. The number of carbonyl (C=O) groups excluding carboxylic acids is 2. The predicted octanol–water partition coefficient (Wildman–Crippen LogP) is 3.01. The standard InChI is InChI=1S/C18H19N3O3S/c1-11(2)15(17(23)24-3)20-16(22)12-6-7-13-14(10-12)25-18(19-13)21-8-4-5-9-21/h4-11,15H,1-3H3,(H,20,22). The Morgan fingerprint density at radius 1 is 1.24 bits per heavy atom. The zero-order valence-electron chi connectivity index (χ0n) is 14.2. The van der Waals surface area contributed by atoms with Crippen LogP contribution in [0.5, 0.6) is 0 Å². The lowest BCUT2D eigenvalue weighted by atomic mass is 10.0. The number of rotatable bonds is 5. The number of nitrogens with one attached hydrogen (secondary N) is 1. The third kappa shape index (κ3) is 3.56. The SMILES string of the molecule is COC(=O)C(NC(=O)c1ccc2nc(-n3cccc3)sc2c1)C(C)C. The summed E-state index contributed by atoms with van der Waals surface area (Å²) in [4.78, 5) is 28.9. The molecule has 3 rings (SSSR count). The van der Waals surface area contributed by atoms with Gasteiger partial charge in [0.15, 0.2) is 5.13 Å². The van der Waals surface area contributed by atoms with Crippen molar-refractivity contribution in [2.24, 2.45) is 5.92 Å². The molecule has 0 aliphatic heterocycles. The summed E-state index contributed by atoms with van der Waals surface area (Å²) in [6, 6.07) is 8.52. The van der Waals surface area contributed by atoms with E-state index in [1.807, 2.05) is 49.0 Å². The molecule has 0 spiro atoms. The van der Waals surface area contributed by atoms with E-state index in [-0.39, 0.29) is 11.8 Å². The van der Waals surface area contributed by atoms with E-state index in [0.29, 0.717) is 5.56 Å². The molecule has 7 heteroatoms. The van der Waals surface area contributed by atoms with Crippen molar-refractivity contribution in [2.45, 2.75) is 19.9 Å². The molecule has 1 unspecified atom stereocenters. The molecule has 2 aromatic heterocycles. The normalized spacial score (nSPS) is 12.3. The van der Waals surface area contributed by atoms with Gasteiger partial charge < -0.3 is 14.6 Å². The van der Waals surface area contributed by atoms with E-state index in [1.165, 1.54) is 18.4 Å². The van der Waals surface area contributed by atoms with Crippen LogP contribution in [-0.4, -0.2) is 34.6 Å². The number of hydrogen-bond donors (Lipinski definition) is 1. The van der Waals surface area contributed by atoms with Crippen LogP contribution in [-0.2, 0) is 9.53 Å². The largest absolute Gasteiger partial charge is 0.467 e. The van der Waals surface area contributed by atoms with Crippen LogP contribution < -0.4 is 5.32 Å². The monoisotopic (exact) mass is 357 g/mol. The first-order valence-electron chi connectivity index (χ1n) is 7.92. The van der Waals surface area contributed by atoms with Crippen LogP contribution >= 0.6 is 11.3 Å². The number of thiazole rings is 1. The van der Waals surface area contributed by atoms with Gasteiger partial charge in [-0.25, -0.2) is 9.78 Å². The van der Waals surface area contributed by atoms with Crippen LogP contribution in [0, 0.1) is 5.92 Å². The molecule has 2 heterocycles. The first kappa shape index (κ1) is 17.2. The highest BCUT2D eigenvalue weighted by Crippen LogP contribution is 2.26. The molecule has 1 amide bonds. The third-order valence-electron chi connectivity index (χ3n) is 3.87. The fraction of sp³-hybridized carbons (Fsp3) is 0.278. The number of esters is 1. The summed E-state index contributed by atoms with van der Waals surface area (Å²) in [5.74, 6) is -0.817. The minimum absolute atomic E-state index is 0.0659. The number of nitrogens with zero attached hydrogens (tertiary/aromatic N) is 2. The van der Waals surface area contributed by atoms with E-state index in [9.17, 15) is 9.59 Å². The van der Waals surface area contributed by atoms with E-state index in [1.54, 1.807) is 12.1 Å². The average molecular weight is 357 g/mol. The van der Waals surface area contributed by atoms with E-state index < -0.39 is 12.0 Å². The number of hydrogen-bond acceptors (Lipinski definition) is 5. The van der Waals surface area contributed by atoms with Gasteiger partial charge in [0, 0.05) is 18.0 Å². The van der Waals surface area contributed by atoms with Crippen LogP contribution in [0.4, 0.5) is 0 Å². The molecule has 1 aromatic carbocycles. The maximum Gasteiger partial charge on any atom is 0.328 e.